The van der Waals surface area contributed by atoms with Gasteiger partial charge >= 0.3 is 5.97 Å². The highest BCUT2D eigenvalue weighted by atomic mass is 79.9. The maximum absolute atomic E-state index is 10.5. The number of carbonyl (C=O) groups excluding carboxylic acids is 1. The van der Waals surface area contributed by atoms with E-state index in [1.807, 2.05) is 0 Å². The zero-order chi connectivity index (χ0) is 9.19. The van der Waals surface area contributed by atoms with Gasteiger partial charge in [0.05, 0.1) is 6.61 Å². The molecule has 0 heterocycles. The van der Waals surface area contributed by atoms with Gasteiger partial charge in [0.15, 0.2) is 0 Å². The standard InChI is InChI=1S/C9H11BrO2/c1-7(11)12-6-9(2)5-8(9)3-4-10/h8H,5-6H2,1-2H3/t8-,9?/m0/s1. The maximum Gasteiger partial charge on any atom is 0.302 e. The van der Waals surface area contributed by atoms with Crippen LogP contribution < -0.4 is 0 Å². The Morgan fingerprint density at radius 1 is 1.83 bits per heavy atom. The van der Waals surface area contributed by atoms with E-state index in [1.165, 1.54) is 6.92 Å². The molecule has 0 spiro atoms. The third kappa shape index (κ3) is 2.25. The van der Waals surface area contributed by atoms with Crippen LogP contribution in [-0.4, -0.2) is 12.6 Å². The predicted octanol–water partition coefficient (Wildman–Crippen LogP) is 1.93. The summed E-state index contributed by atoms with van der Waals surface area (Å²) in [4.78, 5) is 13.2. The van der Waals surface area contributed by atoms with Crippen molar-refractivity contribution in [3.8, 4) is 10.8 Å². The van der Waals surface area contributed by atoms with Crippen LogP contribution in [-0.2, 0) is 9.53 Å². The number of halogens is 1. The summed E-state index contributed by atoms with van der Waals surface area (Å²) in [5, 5.41) is 0. The molecule has 2 nitrogen and oxygen atoms in total. The minimum atomic E-state index is -0.214. The molecule has 12 heavy (non-hydrogen) atoms. The molecule has 0 aromatic rings. The monoisotopic (exact) mass is 230 g/mol. The molecule has 0 radical (unpaired) electrons. The molecule has 1 aliphatic carbocycles. The normalized spacial score (nSPS) is 31.8. The molecule has 66 valence electrons. The topological polar surface area (TPSA) is 26.3 Å². The number of hydrogen-bond donors (Lipinski definition) is 0. The predicted molar refractivity (Wildman–Crippen MR) is 49.6 cm³/mol. The third-order valence-corrected chi connectivity index (χ3v) is 2.41. The Labute approximate surface area is 80.8 Å². The number of esters is 1. The lowest BCUT2D eigenvalue weighted by atomic mass is 10.1. The van der Waals surface area contributed by atoms with Crippen molar-refractivity contribution in [1.29, 1.82) is 0 Å². The summed E-state index contributed by atoms with van der Waals surface area (Å²) in [7, 11) is 0. The minimum Gasteiger partial charge on any atom is -0.465 e. The van der Waals surface area contributed by atoms with E-state index in [2.05, 4.69) is 33.6 Å². The van der Waals surface area contributed by atoms with Crippen molar-refractivity contribution in [2.75, 3.05) is 6.61 Å². The van der Waals surface area contributed by atoms with Gasteiger partial charge in [-0.15, -0.1) is 0 Å². The number of hydrogen-bond acceptors (Lipinski definition) is 2. The van der Waals surface area contributed by atoms with E-state index in [0.717, 1.165) is 6.42 Å². The summed E-state index contributed by atoms with van der Waals surface area (Å²) >= 11 is 3.05. The van der Waals surface area contributed by atoms with Crippen molar-refractivity contribution in [3.63, 3.8) is 0 Å². The molecule has 1 rings (SSSR count). The van der Waals surface area contributed by atoms with Crippen LogP contribution in [0.15, 0.2) is 0 Å². The van der Waals surface area contributed by atoms with Crippen LogP contribution in [0.3, 0.4) is 0 Å². The van der Waals surface area contributed by atoms with Gasteiger partial charge in [0.25, 0.3) is 0 Å². The van der Waals surface area contributed by atoms with Gasteiger partial charge < -0.3 is 4.74 Å². The van der Waals surface area contributed by atoms with E-state index in [9.17, 15) is 4.79 Å². The Kier molecular flexibility index (Phi) is 2.79. The van der Waals surface area contributed by atoms with Crippen LogP contribution in [0.1, 0.15) is 20.3 Å². The van der Waals surface area contributed by atoms with Crippen molar-refractivity contribution < 1.29 is 9.53 Å². The van der Waals surface area contributed by atoms with Crippen LogP contribution in [0.4, 0.5) is 0 Å². The average Bonchev–Trinajstić information content (AvgIpc) is 2.60. The molecule has 1 fully saturated rings. The zero-order valence-electron chi connectivity index (χ0n) is 7.19. The zero-order valence-corrected chi connectivity index (χ0v) is 8.77. The fourth-order valence-electron chi connectivity index (χ4n) is 1.12. The van der Waals surface area contributed by atoms with Gasteiger partial charge in [0.1, 0.15) is 0 Å². The maximum atomic E-state index is 10.5. The first kappa shape index (κ1) is 9.60. The summed E-state index contributed by atoms with van der Waals surface area (Å²) in [6.07, 6.45) is 1.03. The molecule has 1 saturated carbocycles. The summed E-state index contributed by atoms with van der Waals surface area (Å²) in [5.74, 6) is 3.18. The molecule has 0 saturated heterocycles. The summed E-state index contributed by atoms with van der Waals surface area (Å²) < 4.78 is 4.92. The molecule has 0 N–H and O–H groups in total. The van der Waals surface area contributed by atoms with E-state index in [4.69, 9.17) is 4.74 Å². The first-order valence-electron chi connectivity index (χ1n) is 3.83. The molecule has 0 aliphatic heterocycles. The van der Waals surface area contributed by atoms with Crippen LogP contribution in [0.2, 0.25) is 0 Å². The highest BCUT2D eigenvalue weighted by molar-refractivity contribution is 9.12. The Balaban J connectivity index is 2.33. The highest BCUT2D eigenvalue weighted by Crippen LogP contribution is 2.51. The van der Waals surface area contributed by atoms with Crippen LogP contribution in [0, 0.1) is 22.1 Å². The Hall–Kier alpha value is -0.490. The van der Waals surface area contributed by atoms with E-state index in [-0.39, 0.29) is 11.4 Å². The van der Waals surface area contributed by atoms with Gasteiger partial charge in [-0.25, -0.2) is 0 Å². The van der Waals surface area contributed by atoms with E-state index in [0.29, 0.717) is 12.5 Å². The van der Waals surface area contributed by atoms with Crippen molar-refractivity contribution >= 4 is 21.9 Å². The first-order chi connectivity index (χ1) is 5.58. The van der Waals surface area contributed by atoms with Crippen molar-refractivity contribution in [2.45, 2.75) is 20.3 Å². The fourth-order valence-corrected chi connectivity index (χ4v) is 1.40. The Morgan fingerprint density at radius 3 is 3.00 bits per heavy atom. The molecular weight excluding hydrogens is 220 g/mol. The van der Waals surface area contributed by atoms with Gasteiger partial charge in [-0.05, 0) is 11.3 Å². The van der Waals surface area contributed by atoms with Crippen LogP contribution in [0.25, 0.3) is 0 Å². The van der Waals surface area contributed by atoms with Crippen LogP contribution in [0.5, 0.6) is 0 Å². The van der Waals surface area contributed by atoms with E-state index < -0.39 is 0 Å². The lowest BCUT2D eigenvalue weighted by Crippen LogP contribution is -2.11. The van der Waals surface area contributed by atoms with Crippen molar-refractivity contribution in [2.24, 2.45) is 11.3 Å². The SMILES string of the molecule is CC(=O)OCC1(C)C[C@@H]1C#CBr. The smallest absolute Gasteiger partial charge is 0.302 e. The third-order valence-electron chi connectivity index (χ3n) is 2.19. The van der Waals surface area contributed by atoms with Crippen molar-refractivity contribution in [3.05, 3.63) is 0 Å². The molecule has 1 unspecified atom stereocenters. The van der Waals surface area contributed by atoms with E-state index in [1.54, 1.807) is 0 Å². The van der Waals surface area contributed by atoms with Crippen LogP contribution >= 0.6 is 15.9 Å². The highest BCUT2D eigenvalue weighted by Gasteiger charge is 2.50. The second kappa shape index (κ2) is 3.49. The molecule has 3 heteroatoms. The molecule has 1 aliphatic rings. The molecule has 0 aromatic carbocycles. The van der Waals surface area contributed by atoms with Gasteiger partial charge in [-0.1, -0.05) is 12.8 Å². The second-order valence-electron chi connectivity index (χ2n) is 3.43. The van der Waals surface area contributed by atoms with Gasteiger partial charge in [0, 0.05) is 34.2 Å². The first-order valence-corrected chi connectivity index (χ1v) is 4.62. The lowest BCUT2D eigenvalue weighted by Gasteiger charge is -2.07. The summed E-state index contributed by atoms with van der Waals surface area (Å²) in [6, 6.07) is 0. The lowest BCUT2D eigenvalue weighted by molar-refractivity contribution is -0.142. The van der Waals surface area contributed by atoms with Gasteiger partial charge in [0.2, 0.25) is 0 Å². The average molecular weight is 231 g/mol. The Morgan fingerprint density at radius 2 is 2.50 bits per heavy atom. The number of carbonyl (C=O) groups is 1. The number of ether oxygens (including phenoxy) is 1. The Bertz CT molecular complexity index is 251. The molecule has 0 amide bonds. The minimum absolute atomic E-state index is 0.104. The summed E-state index contributed by atoms with van der Waals surface area (Å²) in [5.41, 5.74) is 0.104. The second-order valence-corrected chi connectivity index (χ2v) is 3.83. The summed E-state index contributed by atoms with van der Waals surface area (Å²) in [6.45, 7) is 4.00. The molecule has 0 aromatic heterocycles. The largest absolute Gasteiger partial charge is 0.465 e. The fraction of sp³-hybridized carbons (Fsp3) is 0.667. The molecular formula is C9H11BrO2. The quantitative estimate of drug-likeness (QED) is 0.536. The van der Waals surface area contributed by atoms with Gasteiger partial charge in [-0.2, -0.15) is 0 Å². The molecule has 0 bridgehead atoms. The molecule has 2 atom stereocenters. The van der Waals surface area contributed by atoms with Gasteiger partial charge in [-0.3, -0.25) is 4.79 Å². The van der Waals surface area contributed by atoms with E-state index >= 15 is 0 Å². The van der Waals surface area contributed by atoms with Crippen molar-refractivity contribution in [1.82, 2.24) is 0 Å². The number of rotatable bonds is 2.